The largest absolute Gasteiger partial charge is 0.494 e. The van der Waals surface area contributed by atoms with E-state index in [0.717, 1.165) is 73.1 Å². The lowest BCUT2D eigenvalue weighted by molar-refractivity contribution is -0.150. The van der Waals surface area contributed by atoms with Gasteiger partial charge < -0.3 is 37.9 Å². The number of aryl methyl sites for hydroxylation is 2. The van der Waals surface area contributed by atoms with E-state index in [9.17, 15) is 18.8 Å². The Balaban J connectivity index is 0.992. The molecule has 0 unspecified atom stereocenters. The maximum Gasteiger partial charge on any atom is 0.343 e. The molecular formula is C66H64F3NO11S3. The van der Waals surface area contributed by atoms with E-state index in [4.69, 9.17) is 43.2 Å². The van der Waals surface area contributed by atoms with Crippen LogP contribution in [0.15, 0.2) is 131 Å². The molecule has 8 rings (SSSR count). The Morgan fingerprint density at radius 2 is 1.57 bits per heavy atom. The number of carbonyl (C=O) groups is 3. The molecule has 18 heteroatoms. The standard InChI is InChI=1S/C66H64F3NO11S3/c1-4-66(41-76-42-66)40-75-28-10-29-77-51-23-21-46(22-24-51)65(73)78-52-34-47(11-9-13-62-80-56-25-17-43(31-50(56)39-84-62)14-15-44-16-20-48(38-70)53(67)32-44)63(59(37-52)83-5-2)49-35-54(68)64(55(69)36-49)81-61(72)27-19-45-18-26-57(58(33-45)74-3)79-60(71)12-7-6-8-30-82/h9,11,13,16-27,31-37,82H,4-8,10,12,14-15,28-30,39-42H2,1-3H3/b11-9+,27-19+,62-13-. The molecule has 0 spiro atoms. The number of methoxy groups -OCH3 is 1. The normalized spacial score (nSPS) is 13.9. The number of hydrogen-bond acceptors (Lipinski definition) is 15. The van der Waals surface area contributed by atoms with Gasteiger partial charge in [-0.2, -0.15) is 17.9 Å². The second-order valence-electron chi connectivity index (χ2n) is 19.9. The molecule has 0 bridgehead atoms. The minimum absolute atomic E-state index is 0.00822. The smallest absolute Gasteiger partial charge is 0.343 e. The van der Waals surface area contributed by atoms with Crippen molar-refractivity contribution >= 4 is 66.2 Å². The van der Waals surface area contributed by atoms with Gasteiger partial charge in [0.05, 0.1) is 44.7 Å². The number of nitriles is 1. The number of hydrogen-bond donors (Lipinski definition) is 1. The van der Waals surface area contributed by atoms with Crippen LogP contribution in [0.4, 0.5) is 13.2 Å². The van der Waals surface area contributed by atoms with E-state index < -0.39 is 41.1 Å². The first-order chi connectivity index (χ1) is 40.8. The number of nitrogens with zero attached hydrogens (tertiary/aromatic N) is 1. The summed E-state index contributed by atoms with van der Waals surface area (Å²) in [6.45, 7) is 7.12. The van der Waals surface area contributed by atoms with E-state index in [-0.39, 0.29) is 45.8 Å². The van der Waals surface area contributed by atoms with Gasteiger partial charge in [-0.25, -0.2) is 22.8 Å². The summed E-state index contributed by atoms with van der Waals surface area (Å²) in [5.41, 5.74) is 4.63. The van der Waals surface area contributed by atoms with Gasteiger partial charge in [-0.05, 0) is 162 Å². The Labute approximate surface area is 501 Å². The van der Waals surface area contributed by atoms with Crippen molar-refractivity contribution in [3.05, 3.63) is 183 Å². The van der Waals surface area contributed by atoms with Crippen LogP contribution < -0.4 is 28.4 Å². The Morgan fingerprint density at radius 3 is 2.27 bits per heavy atom. The molecule has 0 aromatic heterocycles. The predicted octanol–water partition coefficient (Wildman–Crippen LogP) is 15.2. The Kier molecular flexibility index (Phi) is 23.1. The molecule has 0 radical (unpaired) electrons. The van der Waals surface area contributed by atoms with Gasteiger partial charge in [-0.15, -0.1) is 11.8 Å². The summed E-state index contributed by atoms with van der Waals surface area (Å²) in [6.07, 6.45) is 13.2. The highest BCUT2D eigenvalue weighted by atomic mass is 32.2. The first kappa shape index (κ1) is 62.6. The molecule has 438 valence electrons. The zero-order valence-corrected chi connectivity index (χ0v) is 49.4. The van der Waals surface area contributed by atoms with Crippen LogP contribution in [-0.4, -0.2) is 69.6 Å². The van der Waals surface area contributed by atoms with Gasteiger partial charge in [-0.1, -0.05) is 68.4 Å². The highest BCUT2D eigenvalue weighted by molar-refractivity contribution is 8.02. The fourth-order valence-corrected chi connectivity index (χ4v) is 11.0. The summed E-state index contributed by atoms with van der Waals surface area (Å²) in [5.74, 6) is -2.15. The third-order valence-electron chi connectivity index (χ3n) is 13.8. The van der Waals surface area contributed by atoms with Crippen LogP contribution in [-0.2, 0) is 37.7 Å². The molecule has 2 heterocycles. The van der Waals surface area contributed by atoms with Crippen molar-refractivity contribution in [1.82, 2.24) is 0 Å². The van der Waals surface area contributed by atoms with E-state index in [1.54, 1.807) is 66.8 Å². The Morgan fingerprint density at radius 1 is 0.798 bits per heavy atom. The van der Waals surface area contributed by atoms with E-state index in [0.29, 0.717) is 95.2 Å². The molecule has 12 nitrogen and oxygen atoms in total. The quantitative estimate of drug-likeness (QED) is 0.0124. The number of fused-ring (bicyclic) bond motifs is 1. The highest BCUT2D eigenvalue weighted by Crippen LogP contribution is 2.42. The summed E-state index contributed by atoms with van der Waals surface area (Å²) in [4.78, 5) is 39.8. The van der Waals surface area contributed by atoms with Crippen molar-refractivity contribution in [1.29, 1.82) is 5.26 Å². The number of allylic oxidation sites excluding steroid dienone is 2. The van der Waals surface area contributed by atoms with Crippen LogP contribution in [0.2, 0.25) is 0 Å². The number of esters is 3. The molecule has 6 aromatic carbocycles. The van der Waals surface area contributed by atoms with Gasteiger partial charge in [0.15, 0.2) is 28.2 Å². The number of halogens is 3. The molecule has 0 atom stereocenters. The molecule has 0 saturated carbocycles. The number of unbranched alkanes of at least 4 members (excludes halogenated alkanes) is 2. The topological polar surface area (TPSA) is 149 Å². The monoisotopic (exact) mass is 1200 g/mol. The van der Waals surface area contributed by atoms with Crippen molar-refractivity contribution < 1.29 is 65.4 Å². The van der Waals surface area contributed by atoms with E-state index in [1.165, 1.54) is 61.0 Å². The lowest BCUT2D eigenvalue weighted by Crippen LogP contribution is -2.45. The van der Waals surface area contributed by atoms with Crippen molar-refractivity contribution in [2.45, 2.75) is 75.9 Å². The van der Waals surface area contributed by atoms with Gasteiger partial charge in [0.1, 0.15) is 29.1 Å². The number of rotatable bonds is 28. The van der Waals surface area contributed by atoms with Gasteiger partial charge in [0, 0.05) is 52.7 Å². The molecule has 2 aliphatic heterocycles. The van der Waals surface area contributed by atoms with Gasteiger partial charge in [0.2, 0.25) is 5.75 Å². The number of thioether (sulfide) groups is 2. The summed E-state index contributed by atoms with van der Waals surface area (Å²) in [5, 5.41) is 9.68. The van der Waals surface area contributed by atoms with Crippen molar-refractivity contribution in [3.8, 4) is 51.7 Å². The zero-order valence-electron chi connectivity index (χ0n) is 46.9. The number of carbonyl (C=O) groups excluding carboxylic acids is 3. The Bertz CT molecular complexity index is 3420. The maximum absolute atomic E-state index is 16.2. The third kappa shape index (κ3) is 17.4. The van der Waals surface area contributed by atoms with Crippen molar-refractivity contribution in [3.63, 3.8) is 0 Å². The summed E-state index contributed by atoms with van der Waals surface area (Å²) in [7, 11) is 1.41. The SMILES string of the molecule is CCSc1cc(OC(=O)c2ccc(OCCCOCC3(CC)COC3)cc2)cc(/C=C/C=C2/Oc3ccc(CCc4ccc(C#N)c(F)c4)cc3CS2)c1-c1cc(F)c(OC(=O)/C=C/c2ccc(OC(=O)CCCCCS)c(OC)c2)c(F)c1. The Hall–Kier alpha value is -7.40. The van der Waals surface area contributed by atoms with Gasteiger partial charge >= 0.3 is 17.9 Å². The number of benzene rings is 6. The van der Waals surface area contributed by atoms with Crippen LogP contribution >= 0.6 is 36.2 Å². The number of thiol groups is 1. The summed E-state index contributed by atoms with van der Waals surface area (Å²) < 4.78 is 92.3. The van der Waals surface area contributed by atoms with Crippen molar-refractivity contribution in [2.75, 3.05) is 51.6 Å². The van der Waals surface area contributed by atoms with Crippen LogP contribution in [0.1, 0.15) is 96.1 Å². The van der Waals surface area contributed by atoms with Crippen LogP contribution in [0.3, 0.4) is 0 Å². The van der Waals surface area contributed by atoms with E-state index in [2.05, 4.69) is 25.6 Å². The minimum atomic E-state index is -1.15. The first-order valence-corrected chi connectivity index (χ1v) is 30.2. The predicted molar refractivity (Wildman–Crippen MR) is 324 cm³/mol. The minimum Gasteiger partial charge on any atom is -0.494 e. The molecule has 0 amide bonds. The van der Waals surface area contributed by atoms with Crippen LogP contribution in [0.25, 0.3) is 23.3 Å². The van der Waals surface area contributed by atoms with Gasteiger partial charge in [-0.3, -0.25) is 4.79 Å². The van der Waals surface area contributed by atoms with Crippen LogP contribution in [0, 0.1) is 34.2 Å². The second kappa shape index (κ2) is 30.9. The molecule has 1 fully saturated rings. The zero-order chi connectivity index (χ0) is 59.4. The second-order valence-corrected chi connectivity index (χ2v) is 22.6. The number of ether oxygens (including phenoxy) is 8. The molecule has 6 aromatic rings. The van der Waals surface area contributed by atoms with E-state index in [1.807, 2.05) is 25.1 Å². The molecular weight excluding hydrogens is 1140 g/mol. The lowest BCUT2D eigenvalue weighted by Gasteiger charge is -2.40. The molecule has 84 heavy (non-hydrogen) atoms. The average molecular weight is 1200 g/mol. The molecule has 2 aliphatic rings. The van der Waals surface area contributed by atoms with Crippen LogP contribution in [0.5, 0.6) is 34.5 Å². The summed E-state index contributed by atoms with van der Waals surface area (Å²) >= 11 is 7.03. The third-order valence-corrected chi connectivity index (χ3v) is 16.0. The lowest BCUT2D eigenvalue weighted by atomic mass is 9.84. The molecule has 0 aliphatic carbocycles. The summed E-state index contributed by atoms with van der Waals surface area (Å²) in [6, 6.07) is 29.0. The average Bonchev–Trinajstić information content (AvgIpc) is 2.77. The fraction of sp³-hybridized carbons (Fsp3) is 0.303. The molecule has 1 saturated heterocycles. The fourth-order valence-electron chi connectivity index (χ4n) is 9.05. The van der Waals surface area contributed by atoms with Crippen molar-refractivity contribution in [2.24, 2.45) is 5.41 Å². The molecule has 0 N–H and O–H groups in total. The maximum atomic E-state index is 16.2. The first-order valence-electron chi connectivity index (χ1n) is 27.6. The van der Waals surface area contributed by atoms with E-state index >= 15 is 8.78 Å². The highest BCUT2D eigenvalue weighted by Gasteiger charge is 2.37. The van der Waals surface area contributed by atoms with Gasteiger partial charge in [0.25, 0.3) is 0 Å².